The minimum Gasteiger partial charge on any atom is -0.0682 e. The van der Waals surface area contributed by atoms with Gasteiger partial charge in [-0.1, -0.05) is 112 Å². The van der Waals surface area contributed by atoms with Crippen LogP contribution >= 0.6 is 0 Å². The molecule has 0 heterocycles. The van der Waals surface area contributed by atoms with E-state index in [0.29, 0.717) is 0 Å². The van der Waals surface area contributed by atoms with E-state index in [1.54, 1.807) is 10.4 Å². The summed E-state index contributed by atoms with van der Waals surface area (Å²) in [4.78, 5) is 0. The van der Waals surface area contributed by atoms with Gasteiger partial charge in [-0.15, -0.1) is 0 Å². The van der Waals surface area contributed by atoms with Crippen LogP contribution in [0.25, 0.3) is 0 Å². The number of unbranched alkanes of at least 4 members (excludes halogenated alkanes) is 5. The maximum absolute atomic E-state index is 2.54. The van der Waals surface area contributed by atoms with Gasteiger partial charge in [0.25, 0.3) is 0 Å². The van der Waals surface area contributed by atoms with E-state index >= 15 is 0 Å². The molecule has 0 aliphatic rings. The van der Waals surface area contributed by atoms with Gasteiger partial charge in [0.2, 0.25) is 0 Å². The Labute approximate surface area is 129 Å². The van der Waals surface area contributed by atoms with Gasteiger partial charge in [-0.25, -0.2) is 0 Å². The first kappa shape index (κ1) is 17.7. The molecule has 0 bridgehead atoms. The smallest absolute Gasteiger partial charge is 0.0682 e. The zero-order valence-electron chi connectivity index (χ0n) is 14.3. The van der Waals surface area contributed by atoms with Crippen molar-refractivity contribution in [2.75, 3.05) is 0 Å². The highest BCUT2D eigenvalue weighted by molar-refractivity contribution is 6.89. The van der Waals surface area contributed by atoms with Crippen LogP contribution in [-0.2, 0) is 0 Å². The molecule has 0 N–H and O–H groups in total. The highest BCUT2D eigenvalue weighted by Gasteiger charge is 2.22. The molecule has 0 fully saturated rings. The molecular formula is C18H34Si2. The second-order valence-electron chi connectivity index (χ2n) is 7.18. The van der Waals surface area contributed by atoms with Gasteiger partial charge in [0.1, 0.15) is 0 Å². The van der Waals surface area contributed by atoms with Gasteiger partial charge in [0, 0.05) is 0 Å². The minimum atomic E-state index is -1.19. The van der Waals surface area contributed by atoms with Crippen LogP contribution in [-0.4, -0.2) is 16.9 Å². The van der Waals surface area contributed by atoms with Crippen LogP contribution in [0.1, 0.15) is 45.4 Å². The highest BCUT2D eigenvalue weighted by Crippen LogP contribution is 2.16. The first-order chi connectivity index (χ1) is 9.47. The summed E-state index contributed by atoms with van der Waals surface area (Å²) in [6.45, 7) is 12.2. The molecule has 0 radical (unpaired) electrons. The second-order valence-corrected chi connectivity index (χ2v) is 15.0. The first-order valence-electron chi connectivity index (χ1n) is 8.58. The quantitative estimate of drug-likeness (QED) is 0.460. The van der Waals surface area contributed by atoms with Gasteiger partial charge < -0.3 is 0 Å². The number of hydrogen-bond acceptors (Lipinski definition) is 0. The van der Waals surface area contributed by atoms with Gasteiger partial charge >= 0.3 is 0 Å². The third kappa shape index (κ3) is 5.96. The summed E-state index contributed by atoms with van der Waals surface area (Å²) in [6, 6.07) is 11.1. The Hall–Kier alpha value is -0.346. The maximum atomic E-state index is 2.54. The van der Waals surface area contributed by atoms with Crippen LogP contribution in [0.5, 0.6) is 0 Å². The molecule has 0 saturated heterocycles. The molecule has 20 heavy (non-hydrogen) atoms. The van der Waals surface area contributed by atoms with E-state index in [1.807, 2.05) is 0 Å². The molecule has 1 rings (SSSR count). The van der Waals surface area contributed by atoms with Crippen LogP contribution in [0.2, 0.25) is 32.2 Å². The fraction of sp³-hybridized carbons (Fsp3) is 0.667. The Morgan fingerprint density at radius 2 is 1.40 bits per heavy atom. The highest BCUT2D eigenvalue weighted by atomic mass is 28.3. The summed E-state index contributed by atoms with van der Waals surface area (Å²) < 4.78 is 0. The number of benzene rings is 1. The standard InChI is InChI=1S/C18H34Si2/c1-6-7-8-9-10-11-16-20(4,5)18-14-12-17(13-15-18)19(2)3/h12-15,19H,6-11,16H2,1-5H3. The van der Waals surface area contributed by atoms with E-state index in [-0.39, 0.29) is 0 Å². The van der Waals surface area contributed by atoms with E-state index in [0.717, 1.165) is 0 Å². The van der Waals surface area contributed by atoms with E-state index in [4.69, 9.17) is 0 Å². The van der Waals surface area contributed by atoms with E-state index in [2.05, 4.69) is 57.4 Å². The molecule has 0 aliphatic heterocycles. The Morgan fingerprint density at radius 1 is 0.850 bits per heavy atom. The van der Waals surface area contributed by atoms with Crippen LogP contribution in [0.15, 0.2) is 24.3 Å². The largest absolute Gasteiger partial charge is 0.0806 e. The van der Waals surface area contributed by atoms with Crippen LogP contribution < -0.4 is 10.4 Å². The lowest BCUT2D eigenvalue weighted by molar-refractivity contribution is 0.623. The Balaban J connectivity index is 2.43. The minimum absolute atomic E-state index is 0.627. The van der Waals surface area contributed by atoms with Crippen LogP contribution in [0.3, 0.4) is 0 Å². The lowest BCUT2D eigenvalue weighted by Crippen LogP contribution is -2.42. The summed E-state index contributed by atoms with van der Waals surface area (Å²) in [5, 5.41) is 3.27. The molecule has 0 aromatic heterocycles. The van der Waals surface area contributed by atoms with Gasteiger partial charge in [0.15, 0.2) is 0 Å². The lowest BCUT2D eigenvalue weighted by atomic mass is 10.1. The molecule has 0 unspecified atom stereocenters. The average molecular weight is 307 g/mol. The van der Waals surface area contributed by atoms with Crippen molar-refractivity contribution in [2.45, 2.75) is 77.7 Å². The lowest BCUT2D eigenvalue weighted by Gasteiger charge is -2.23. The fourth-order valence-corrected chi connectivity index (χ4v) is 6.26. The fourth-order valence-electron chi connectivity index (χ4n) is 2.81. The van der Waals surface area contributed by atoms with Crippen molar-refractivity contribution in [1.29, 1.82) is 0 Å². The Kier molecular flexibility index (Phi) is 7.82. The summed E-state index contributed by atoms with van der Waals surface area (Å²) in [5.74, 6) is 0. The first-order valence-corrected chi connectivity index (χ1v) is 14.7. The predicted molar refractivity (Wildman–Crippen MR) is 100 cm³/mol. The molecule has 0 nitrogen and oxygen atoms in total. The van der Waals surface area contributed by atoms with E-state index < -0.39 is 16.9 Å². The molecule has 114 valence electrons. The van der Waals surface area contributed by atoms with Gasteiger partial charge in [-0.05, 0) is 0 Å². The molecular weight excluding hydrogens is 272 g/mol. The monoisotopic (exact) mass is 306 g/mol. The summed E-state index contributed by atoms with van der Waals surface area (Å²) in [6.07, 6.45) is 8.52. The van der Waals surface area contributed by atoms with Gasteiger partial charge in [-0.3, -0.25) is 0 Å². The van der Waals surface area contributed by atoms with Gasteiger partial charge in [0.05, 0.1) is 16.9 Å². The molecule has 0 atom stereocenters. The molecule has 0 spiro atoms. The third-order valence-electron chi connectivity index (χ3n) is 4.51. The van der Waals surface area contributed by atoms with Crippen molar-refractivity contribution in [1.82, 2.24) is 0 Å². The molecule has 0 aliphatic carbocycles. The van der Waals surface area contributed by atoms with Crippen molar-refractivity contribution in [3.05, 3.63) is 24.3 Å². The molecule has 1 aromatic rings. The van der Waals surface area contributed by atoms with Crippen LogP contribution in [0.4, 0.5) is 0 Å². The van der Waals surface area contributed by atoms with Crippen LogP contribution in [0, 0.1) is 0 Å². The topological polar surface area (TPSA) is 0 Å². The molecule has 0 saturated carbocycles. The average Bonchev–Trinajstić information content (AvgIpc) is 2.43. The Morgan fingerprint density at radius 3 is 1.95 bits per heavy atom. The van der Waals surface area contributed by atoms with Crippen molar-refractivity contribution >= 4 is 27.2 Å². The van der Waals surface area contributed by atoms with Crippen molar-refractivity contribution in [3.8, 4) is 0 Å². The van der Waals surface area contributed by atoms with Crippen molar-refractivity contribution < 1.29 is 0 Å². The maximum Gasteiger partial charge on any atom is 0.0806 e. The van der Waals surface area contributed by atoms with Crippen molar-refractivity contribution in [3.63, 3.8) is 0 Å². The number of hydrogen-bond donors (Lipinski definition) is 0. The summed E-state index contributed by atoms with van der Waals surface area (Å²) in [7, 11) is -1.82. The normalized spacial score (nSPS) is 12.1. The summed E-state index contributed by atoms with van der Waals surface area (Å²) >= 11 is 0. The number of rotatable bonds is 9. The van der Waals surface area contributed by atoms with E-state index in [1.165, 1.54) is 44.6 Å². The van der Waals surface area contributed by atoms with Crippen molar-refractivity contribution in [2.24, 2.45) is 0 Å². The summed E-state index contributed by atoms with van der Waals surface area (Å²) in [5.41, 5.74) is 0. The second kappa shape index (κ2) is 8.83. The predicted octanol–water partition coefficient (Wildman–Crippen LogP) is 4.66. The van der Waals surface area contributed by atoms with E-state index in [9.17, 15) is 0 Å². The Bertz CT molecular complexity index is 366. The zero-order chi connectivity index (χ0) is 15.0. The molecule has 1 aromatic carbocycles. The SMILES string of the molecule is CCCCCCCC[Si](C)(C)c1ccc([SiH](C)C)cc1. The molecule has 2 heteroatoms. The third-order valence-corrected chi connectivity index (χ3v) is 9.73. The zero-order valence-corrected chi connectivity index (χ0v) is 16.5. The molecule has 0 amide bonds. The van der Waals surface area contributed by atoms with Gasteiger partial charge in [-0.2, -0.15) is 0 Å².